The average molecular weight is 442 g/mol. The maximum absolute atomic E-state index is 5.89. The van der Waals surface area contributed by atoms with Gasteiger partial charge in [0, 0.05) is 18.5 Å². The van der Waals surface area contributed by atoms with E-state index < -0.39 is 0 Å². The SMILES string of the molecule is CCNC(=NCc1ncc(C(C)(C)C)o1)NCC(c1ccc(OC)cc1)N1CCCCC1. The van der Waals surface area contributed by atoms with Crippen molar-refractivity contribution in [3.8, 4) is 5.75 Å². The van der Waals surface area contributed by atoms with Gasteiger partial charge in [-0.05, 0) is 50.6 Å². The Morgan fingerprint density at radius 3 is 2.47 bits per heavy atom. The number of piperidine rings is 1. The molecule has 0 saturated carbocycles. The second-order valence-electron chi connectivity index (χ2n) is 9.33. The zero-order valence-electron chi connectivity index (χ0n) is 20.3. The van der Waals surface area contributed by atoms with Gasteiger partial charge in [-0.25, -0.2) is 9.98 Å². The monoisotopic (exact) mass is 441 g/mol. The van der Waals surface area contributed by atoms with E-state index in [2.05, 4.69) is 60.3 Å². The smallest absolute Gasteiger partial charge is 0.216 e. The molecule has 2 aromatic rings. The molecule has 1 atom stereocenters. The number of hydrogen-bond acceptors (Lipinski definition) is 5. The number of methoxy groups -OCH3 is 1. The molecular formula is C25H39N5O2. The topological polar surface area (TPSA) is 74.9 Å². The van der Waals surface area contributed by atoms with Crippen LogP contribution in [-0.4, -0.2) is 49.1 Å². The van der Waals surface area contributed by atoms with Crippen LogP contribution in [-0.2, 0) is 12.0 Å². The van der Waals surface area contributed by atoms with Gasteiger partial charge in [0.25, 0.3) is 0 Å². The molecule has 7 heteroatoms. The molecule has 32 heavy (non-hydrogen) atoms. The van der Waals surface area contributed by atoms with E-state index in [9.17, 15) is 0 Å². The van der Waals surface area contributed by atoms with Gasteiger partial charge in [-0.1, -0.05) is 39.3 Å². The fraction of sp³-hybridized carbons (Fsp3) is 0.600. The Morgan fingerprint density at radius 2 is 1.88 bits per heavy atom. The van der Waals surface area contributed by atoms with E-state index in [4.69, 9.17) is 14.1 Å². The Morgan fingerprint density at radius 1 is 1.16 bits per heavy atom. The van der Waals surface area contributed by atoms with Crippen LogP contribution in [0.2, 0.25) is 0 Å². The molecule has 0 spiro atoms. The zero-order valence-corrected chi connectivity index (χ0v) is 20.3. The highest BCUT2D eigenvalue weighted by atomic mass is 16.5. The summed E-state index contributed by atoms with van der Waals surface area (Å²) in [6, 6.07) is 8.70. The van der Waals surface area contributed by atoms with E-state index in [0.29, 0.717) is 12.4 Å². The van der Waals surface area contributed by atoms with Gasteiger partial charge in [-0.3, -0.25) is 4.90 Å². The summed E-state index contributed by atoms with van der Waals surface area (Å²) >= 11 is 0. The molecule has 0 aliphatic carbocycles. The van der Waals surface area contributed by atoms with Gasteiger partial charge in [0.1, 0.15) is 18.1 Å². The standard InChI is InChI=1S/C25H39N5O2/c1-6-26-24(29-18-23-27-17-22(32-23)25(2,3)4)28-16-21(30-14-8-7-9-15-30)19-10-12-20(31-5)13-11-19/h10-13,17,21H,6-9,14-16,18H2,1-5H3,(H2,26,28,29). The summed E-state index contributed by atoms with van der Waals surface area (Å²) in [5.74, 6) is 3.17. The Labute approximate surface area is 192 Å². The summed E-state index contributed by atoms with van der Waals surface area (Å²) in [5.41, 5.74) is 1.23. The first-order chi connectivity index (χ1) is 15.4. The minimum absolute atomic E-state index is 0.0578. The lowest BCUT2D eigenvalue weighted by Crippen LogP contribution is -2.44. The van der Waals surface area contributed by atoms with Crippen LogP contribution < -0.4 is 15.4 Å². The second-order valence-corrected chi connectivity index (χ2v) is 9.33. The molecule has 1 fully saturated rings. The molecule has 1 aliphatic heterocycles. The quantitative estimate of drug-likeness (QED) is 0.471. The number of nitrogens with zero attached hydrogens (tertiary/aromatic N) is 3. The number of benzene rings is 1. The molecule has 2 N–H and O–H groups in total. The summed E-state index contributed by atoms with van der Waals surface area (Å²) in [6.45, 7) is 12.6. The Kier molecular flexibility index (Phi) is 8.56. The van der Waals surface area contributed by atoms with Crippen molar-refractivity contribution in [2.75, 3.05) is 33.3 Å². The van der Waals surface area contributed by atoms with Gasteiger partial charge < -0.3 is 19.8 Å². The summed E-state index contributed by atoms with van der Waals surface area (Å²) in [6.07, 6.45) is 5.62. The lowest BCUT2D eigenvalue weighted by molar-refractivity contribution is 0.164. The van der Waals surface area contributed by atoms with Crippen LogP contribution in [0, 0.1) is 0 Å². The van der Waals surface area contributed by atoms with Crippen molar-refractivity contribution in [2.24, 2.45) is 4.99 Å². The predicted octanol–water partition coefficient (Wildman–Crippen LogP) is 4.26. The van der Waals surface area contributed by atoms with Crippen molar-refractivity contribution in [1.29, 1.82) is 0 Å². The summed E-state index contributed by atoms with van der Waals surface area (Å²) < 4.78 is 11.2. The summed E-state index contributed by atoms with van der Waals surface area (Å²) in [5, 5.41) is 6.90. The van der Waals surface area contributed by atoms with Gasteiger partial charge in [-0.15, -0.1) is 0 Å². The molecule has 0 amide bonds. The van der Waals surface area contributed by atoms with Crippen LogP contribution in [0.15, 0.2) is 39.9 Å². The highest BCUT2D eigenvalue weighted by Gasteiger charge is 2.23. The van der Waals surface area contributed by atoms with Crippen LogP contribution in [0.25, 0.3) is 0 Å². The molecule has 1 aromatic heterocycles. The van der Waals surface area contributed by atoms with Crippen molar-refractivity contribution < 1.29 is 9.15 Å². The fourth-order valence-corrected chi connectivity index (χ4v) is 3.93. The van der Waals surface area contributed by atoms with Crippen LogP contribution in [0.4, 0.5) is 0 Å². The van der Waals surface area contributed by atoms with E-state index in [1.807, 2.05) is 12.1 Å². The largest absolute Gasteiger partial charge is 0.497 e. The van der Waals surface area contributed by atoms with Gasteiger partial charge >= 0.3 is 0 Å². The van der Waals surface area contributed by atoms with Crippen molar-refractivity contribution in [1.82, 2.24) is 20.5 Å². The molecule has 2 heterocycles. The van der Waals surface area contributed by atoms with Crippen molar-refractivity contribution >= 4 is 5.96 Å². The molecule has 1 unspecified atom stereocenters. The number of oxazole rings is 1. The van der Waals surface area contributed by atoms with Crippen molar-refractivity contribution in [3.63, 3.8) is 0 Å². The maximum Gasteiger partial charge on any atom is 0.216 e. The van der Waals surface area contributed by atoms with Crippen LogP contribution >= 0.6 is 0 Å². The number of ether oxygens (including phenoxy) is 1. The van der Waals surface area contributed by atoms with Crippen molar-refractivity contribution in [2.45, 2.75) is 65.0 Å². The third-order valence-corrected chi connectivity index (χ3v) is 5.80. The molecule has 0 bridgehead atoms. The molecule has 3 rings (SSSR count). The lowest BCUT2D eigenvalue weighted by Gasteiger charge is -2.35. The van der Waals surface area contributed by atoms with Gasteiger partial charge in [0.15, 0.2) is 5.96 Å². The fourth-order valence-electron chi connectivity index (χ4n) is 3.93. The molecule has 0 radical (unpaired) electrons. The van der Waals surface area contributed by atoms with Gasteiger partial charge in [0.05, 0.1) is 19.3 Å². The van der Waals surface area contributed by atoms with E-state index in [-0.39, 0.29) is 11.5 Å². The Balaban J connectivity index is 1.70. The first-order valence-corrected chi connectivity index (χ1v) is 11.8. The predicted molar refractivity (Wildman–Crippen MR) is 129 cm³/mol. The number of guanidine groups is 1. The van der Waals surface area contributed by atoms with Crippen molar-refractivity contribution in [3.05, 3.63) is 47.7 Å². The third-order valence-electron chi connectivity index (χ3n) is 5.80. The minimum Gasteiger partial charge on any atom is -0.497 e. The molecule has 176 valence electrons. The van der Waals surface area contributed by atoms with Crippen LogP contribution in [0.3, 0.4) is 0 Å². The van der Waals surface area contributed by atoms with E-state index in [0.717, 1.165) is 43.6 Å². The van der Waals surface area contributed by atoms with E-state index in [1.54, 1.807) is 13.3 Å². The Bertz CT molecular complexity index is 848. The third kappa shape index (κ3) is 6.73. The number of hydrogen-bond donors (Lipinski definition) is 2. The minimum atomic E-state index is -0.0578. The first-order valence-electron chi connectivity index (χ1n) is 11.8. The highest BCUT2D eigenvalue weighted by Crippen LogP contribution is 2.26. The number of aliphatic imine (C=N–C) groups is 1. The van der Waals surface area contributed by atoms with E-state index in [1.165, 1.54) is 24.8 Å². The molecular weight excluding hydrogens is 402 g/mol. The summed E-state index contributed by atoms with van der Waals surface area (Å²) in [7, 11) is 1.70. The van der Waals surface area contributed by atoms with Gasteiger partial charge in [0.2, 0.25) is 5.89 Å². The number of rotatable bonds is 8. The highest BCUT2D eigenvalue weighted by molar-refractivity contribution is 5.79. The van der Waals surface area contributed by atoms with Gasteiger partial charge in [-0.2, -0.15) is 0 Å². The average Bonchev–Trinajstić information content (AvgIpc) is 3.28. The zero-order chi connectivity index (χ0) is 23.0. The lowest BCUT2D eigenvalue weighted by atomic mass is 9.94. The maximum atomic E-state index is 5.89. The molecule has 1 aliphatic rings. The molecule has 7 nitrogen and oxygen atoms in total. The second kappa shape index (κ2) is 11.4. The number of aromatic nitrogens is 1. The van der Waals surface area contributed by atoms with Crippen LogP contribution in [0.5, 0.6) is 5.75 Å². The first kappa shape index (κ1) is 24.1. The summed E-state index contributed by atoms with van der Waals surface area (Å²) in [4.78, 5) is 11.7. The Hall–Kier alpha value is -2.54. The van der Waals surface area contributed by atoms with E-state index >= 15 is 0 Å². The molecule has 1 aromatic carbocycles. The number of nitrogens with one attached hydrogen (secondary N) is 2. The molecule has 1 saturated heterocycles. The van der Waals surface area contributed by atoms with Crippen LogP contribution in [0.1, 0.15) is 70.2 Å². The normalized spacial score (nSPS) is 16.6. The number of likely N-dealkylation sites (tertiary alicyclic amines) is 1.